The smallest absolute Gasteiger partial charge is 0.321 e. The molecule has 0 unspecified atom stereocenters. The Hall–Kier alpha value is -1.29. The Morgan fingerprint density at radius 3 is 2.70 bits per heavy atom. The molecule has 1 aromatic carbocycles. The highest BCUT2D eigenvalue weighted by atomic mass is 79.9. The molecule has 0 aromatic heterocycles. The minimum Gasteiger partial charge on any atom is -0.325 e. The van der Waals surface area contributed by atoms with Crippen molar-refractivity contribution >= 4 is 28.0 Å². The number of carbonyl (C=O) groups excluding carboxylic acids is 1. The van der Waals surface area contributed by atoms with Crippen molar-refractivity contribution in [2.45, 2.75) is 38.1 Å². The monoisotopic (exact) mass is 336 g/mol. The Balaban J connectivity index is 1.86. The average Bonchev–Trinajstić information content (AvgIpc) is 2.49. The van der Waals surface area contributed by atoms with Crippen LogP contribution in [0.2, 0.25) is 0 Å². The summed E-state index contributed by atoms with van der Waals surface area (Å²) >= 11 is 3.48. The molecule has 2 rings (SSSR count). The van der Waals surface area contributed by atoms with Gasteiger partial charge in [0.15, 0.2) is 0 Å². The maximum absolute atomic E-state index is 12.1. The van der Waals surface area contributed by atoms with Gasteiger partial charge in [-0.1, -0.05) is 53.4 Å². The first-order valence-electron chi connectivity index (χ1n) is 7.13. The number of urea groups is 1. The van der Waals surface area contributed by atoms with E-state index in [1.807, 2.05) is 42.3 Å². The van der Waals surface area contributed by atoms with E-state index in [4.69, 9.17) is 0 Å². The molecule has 1 saturated carbocycles. The van der Waals surface area contributed by atoms with E-state index >= 15 is 0 Å². The Labute approximate surface area is 129 Å². The molecule has 0 radical (unpaired) electrons. The van der Waals surface area contributed by atoms with Crippen LogP contribution in [0.1, 0.15) is 37.7 Å². The number of hydrogen-bond acceptors (Lipinski definition) is 1. The molecule has 0 saturated heterocycles. The lowest BCUT2D eigenvalue weighted by molar-refractivity contribution is 0.177. The van der Waals surface area contributed by atoms with Crippen molar-refractivity contribution in [2.75, 3.05) is 7.05 Å². The third-order valence-corrected chi connectivity index (χ3v) is 4.54. The summed E-state index contributed by atoms with van der Waals surface area (Å²) in [5, 5.41) is 2.84. The number of rotatable bonds is 3. The van der Waals surface area contributed by atoms with Crippen molar-refractivity contribution in [3.05, 3.63) is 40.5 Å². The summed E-state index contributed by atoms with van der Waals surface area (Å²) in [5.74, 6) is 0. The van der Waals surface area contributed by atoms with Gasteiger partial charge in [0, 0.05) is 23.8 Å². The molecule has 1 aliphatic rings. The first-order chi connectivity index (χ1) is 9.68. The number of carbonyl (C=O) groups is 1. The van der Waals surface area contributed by atoms with Gasteiger partial charge < -0.3 is 10.2 Å². The maximum Gasteiger partial charge on any atom is 0.321 e. The van der Waals surface area contributed by atoms with E-state index in [1.165, 1.54) is 19.3 Å². The predicted octanol–water partition coefficient (Wildman–Crippen LogP) is 4.39. The zero-order valence-electron chi connectivity index (χ0n) is 11.8. The Bertz CT molecular complexity index is 481. The Morgan fingerprint density at radius 1 is 1.30 bits per heavy atom. The van der Waals surface area contributed by atoms with Crippen molar-refractivity contribution in [3.63, 3.8) is 0 Å². The van der Waals surface area contributed by atoms with Gasteiger partial charge >= 0.3 is 6.03 Å². The molecule has 0 spiro atoms. The van der Waals surface area contributed by atoms with E-state index in [1.54, 1.807) is 6.20 Å². The number of halogens is 1. The van der Waals surface area contributed by atoms with Crippen LogP contribution in [0.4, 0.5) is 4.79 Å². The number of nitrogens with zero attached hydrogens (tertiary/aromatic N) is 1. The molecule has 0 bridgehead atoms. The van der Waals surface area contributed by atoms with Crippen molar-refractivity contribution in [1.82, 2.24) is 10.2 Å². The van der Waals surface area contributed by atoms with Gasteiger partial charge in [-0.3, -0.25) is 0 Å². The topological polar surface area (TPSA) is 32.3 Å². The Kier molecular flexibility index (Phi) is 5.65. The van der Waals surface area contributed by atoms with Gasteiger partial charge in [0.05, 0.1) is 0 Å². The normalized spacial score (nSPS) is 16.3. The number of hydrogen-bond donors (Lipinski definition) is 1. The van der Waals surface area contributed by atoms with E-state index in [2.05, 4.69) is 21.2 Å². The first kappa shape index (κ1) is 15.1. The quantitative estimate of drug-likeness (QED) is 0.871. The van der Waals surface area contributed by atoms with E-state index in [0.29, 0.717) is 6.04 Å². The maximum atomic E-state index is 12.1. The van der Waals surface area contributed by atoms with Gasteiger partial charge in [-0.25, -0.2) is 4.79 Å². The van der Waals surface area contributed by atoms with E-state index < -0.39 is 0 Å². The standard InChI is InChI=1S/C16H21BrN2O/c1-19(14-8-3-2-4-9-14)16(20)18-12-11-13-7-5-6-10-15(13)17/h5-7,10-12,14H,2-4,8-9H2,1H3,(H,18,20)/b12-11+. The fourth-order valence-corrected chi connectivity index (χ4v) is 2.97. The summed E-state index contributed by atoms with van der Waals surface area (Å²) in [6.45, 7) is 0. The van der Waals surface area contributed by atoms with Crippen LogP contribution in [0, 0.1) is 0 Å². The second kappa shape index (κ2) is 7.48. The highest BCUT2D eigenvalue weighted by molar-refractivity contribution is 9.10. The molecule has 0 atom stereocenters. The molecule has 2 amide bonds. The second-order valence-corrected chi connectivity index (χ2v) is 6.06. The summed E-state index contributed by atoms with van der Waals surface area (Å²) in [6, 6.07) is 8.28. The molecule has 1 aromatic rings. The lowest BCUT2D eigenvalue weighted by atomic mass is 9.95. The summed E-state index contributed by atoms with van der Waals surface area (Å²) in [6.07, 6.45) is 9.62. The first-order valence-corrected chi connectivity index (χ1v) is 7.92. The van der Waals surface area contributed by atoms with Crippen molar-refractivity contribution in [3.8, 4) is 0 Å². The SMILES string of the molecule is CN(C(=O)N/C=C/c1ccccc1Br)C1CCCCC1. The molecule has 1 N–H and O–H groups in total. The molecule has 3 nitrogen and oxygen atoms in total. The van der Waals surface area contributed by atoms with Gasteiger partial charge in [-0.05, 0) is 30.5 Å². The van der Waals surface area contributed by atoms with Gasteiger partial charge in [-0.2, -0.15) is 0 Å². The average molecular weight is 337 g/mol. The lowest BCUT2D eigenvalue weighted by Crippen LogP contribution is -2.42. The molecule has 1 aliphatic carbocycles. The minimum atomic E-state index is -0.0276. The highest BCUT2D eigenvalue weighted by Crippen LogP contribution is 2.21. The van der Waals surface area contributed by atoms with Crippen LogP contribution in [-0.2, 0) is 0 Å². The number of amides is 2. The zero-order valence-corrected chi connectivity index (χ0v) is 13.4. The Morgan fingerprint density at radius 2 is 2.00 bits per heavy atom. The van der Waals surface area contributed by atoms with Crippen LogP contribution < -0.4 is 5.32 Å². The van der Waals surface area contributed by atoms with Crippen molar-refractivity contribution in [1.29, 1.82) is 0 Å². The van der Waals surface area contributed by atoms with Gasteiger partial charge in [0.25, 0.3) is 0 Å². The summed E-state index contributed by atoms with van der Waals surface area (Å²) in [7, 11) is 1.89. The minimum absolute atomic E-state index is 0.0276. The van der Waals surface area contributed by atoms with Crippen molar-refractivity contribution in [2.24, 2.45) is 0 Å². The van der Waals surface area contributed by atoms with Crippen LogP contribution in [-0.4, -0.2) is 24.0 Å². The largest absolute Gasteiger partial charge is 0.325 e. The fourth-order valence-electron chi connectivity index (χ4n) is 2.55. The van der Waals surface area contributed by atoms with E-state index in [-0.39, 0.29) is 6.03 Å². The molecule has 20 heavy (non-hydrogen) atoms. The van der Waals surface area contributed by atoms with Crippen molar-refractivity contribution < 1.29 is 4.79 Å². The van der Waals surface area contributed by atoms with E-state index in [9.17, 15) is 4.79 Å². The van der Waals surface area contributed by atoms with Crippen LogP contribution >= 0.6 is 15.9 Å². The molecule has 0 heterocycles. The summed E-state index contributed by atoms with van der Waals surface area (Å²) in [4.78, 5) is 13.9. The van der Waals surface area contributed by atoms with Gasteiger partial charge in [-0.15, -0.1) is 0 Å². The van der Waals surface area contributed by atoms with Crippen LogP contribution in [0.15, 0.2) is 34.9 Å². The van der Waals surface area contributed by atoms with Gasteiger partial charge in [0.2, 0.25) is 0 Å². The highest BCUT2D eigenvalue weighted by Gasteiger charge is 2.21. The molecular weight excluding hydrogens is 316 g/mol. The molecule has 0 aliphatic heterocycles. The predicted molar refractivity (Wildman–Crippen MR) is 86.3 cm³/mol. The fraction of sp³-hybridized carbons (Fsp3) is 0.438. The zero-order chi connectivity index (χ0) is 14.4. The third kappa shape index (κ3) is 4.10. The van der Waals surface area contributed by atoms with Crippen LogP contribution in [0.25, 0.3) is 6.08 Å². The number of nitrogens with one attached hydrogen (secondary N) is 1. The number of benzene rings is 1. The summed E-state index contributed by atoms with van der Waals surface area (Å²) in [5.41, 5.74) is 1.05. The second-order valence-electron chi connectivity index (χ2n) is 5.21. The summed E-state index contributed by atoms with van der Waals surface area (Å²) < 4.78 is 1.02. The lowest BCUT2D eigenvalue weighted by Gasteiger charge is -2.30. The molecule has 4 heteroatoms. The molecular formula is C16H21BrN2O. The van der Waals surface area contributed by atoms with Crippen LogP contribution in [0.5, 0.6) is 0 Å². The molecule has 108 valence electrons. The third-order valence-electron chi connectivity index (χ3n) is 3.82. The molecule has 1 fully saturated rings. The van der Waals surface area contributed by atoms with Crippen LogP contribution in [0.3, 0.4) is 0 Å². The van der Waals surface area contributed by atoms with Gasteiger partial charge in [0.1, 0.15) is 0 Å². The van der Waals surface area contributed by atoms with E-state index in [0.717, 1.165) is 22.9 Å².